The molecule has 1 heterocycles. The first kappa shape index (κ1) is 15.5. The second-order valence-electron chi connectivity index (χ2n) is 6.15. The number of hydrogen-bond donors (Lipinski definition) is 1. The minimum Gasteiger partial charge on any atom is -0.468 e. The van der Waals surface area contributed by atoms with Gasteiger partial charge in [-0.1, -0.05) is 37.3 Å². The third-order valence-electron chi connectivity index (χ3n) is 4.65. The van der Waals surface area contributed by atoms with E-state index < -0.39 is 11.9 Å². The minimum atomic E-state index is -0.792. The fourth-order valence-electron chi connectivity index (χ4n) is 3.57. The first-order chi connectivity index (χ1) is 11.0. The van der Waals surface area contributed by atoms with Crippen molar-refractivity contribution in [3.05, 3.63) is 47.2 Å². The van der Waals surface area contributed by atoms with Gasteiger partial charge in [-0.05, 0) is 17.9 Å². The summed E-state index contributed by atoms with van der Waals surface area (Å²) in [5.74, 6) is -2.10. The van der Waals surface area contributed by atoms with Crippen molar-refractivity contribution in [3.63, 3.8) is 0 Å². The average molecular weight is 313 g/mol. The van der Waals surface area contributed by atoms with Crippen LogP contribution in [0.25, 0.3) is 0 Å². The topological polar surface area (TPSA) is 72.5 Å². The van der Waals surface area contributed by atoms with Gasteiger partial charge in [0.05, 0.1) is 7.11 Å². The summed E-state index contributed by atoms with van der Waals surface area (Å²) in [6.07, 6.45) is 0.715. The van der Waals surface area contributed by atoms with Crippen LogP contribution < -0.4 is 5.32 Å². The summed E-state index contributed by atoms with van der Waals surface area (Å²) in [4.78, 5) is 37.0. The summed E-state index contributed by atoms with van der Waals surface area (Å²) in [5.41, 5.74) is 2.14. The number of hydrogen-bond acceptors (Lipinski definition) is 4. The van der Waals surface area contributed by atoms with Crippen LogP contribution in [-0.4, -0.2) is 24.8 Å². The molecule has 0 fully saturated rings. The van der Waals surface area contributed by atoms with Crippen molar-refractivity contribution in [2.45, 2.75) is 25.7 Å². The molecular weight excluding hydrogens is 294 g/mol. The van der Waals surface area contributed by atoms with Gasteiger partial charge in [-0.25, -0.2) is 0 Å². The van der Waals surface area contributed by atoms with Gasteiger partial charge in [0.25, 0.3) is 0 Å². The number of methoxy groups -OCH3 is 1. The molecule has 1 N–H and O–H groups in total. The second kappa shape index (κ2) is 5.99. The largest absolute Gasteiger partial charge is 0.468 e. The molecule has 1 aromatic carbocycles. The molecule has 1 amide bonds. The van der Waals surface area contributed by atoms with Crippen LogP contribution in [0.4, 0.5) is 0 Å². The first-order valence-electron chi connectivity index (χ1n) is 7.72. The molecule has 0 aromatic heterocycles. The van der Waals surface area contributed by atoms with Crippen molar-refractivity contribution in [2.24, 2.45) is 11.8 Å². The van der Waals surface area contributed by atoms with Crippen LogP contribution in [0.5, 0.6) is 0 Å². The highest BCUT2D eigenvalue weighted by Gasteiger charge is 2.45. The number of allylic oxidation sites excluding steroid dienone is 2. The predicted molar refractivity (Wildman–Crippen MR) is 83.3 cm³/mol. The van der Waals surface area contributed by atoms with E-state index >= 15 is 0 Å². The summed E-state index contributed by atoms with van der Waals surface area (Å²) in [6.45, 7) is 1.83. The third-order valence-corrected chi connectivity index (χ3v) is 4.65. The molecular formula is C18H19NO4. The third kappa shape index (κ3) is 2.67. The van der Waals surface area contributed by atoms with Crippen molar-refractivity contribution in [1.82, 2.24) is 5.32 Å². The maximum Gasteiger partial charge on any atom is 0.316 e. The molecule has 5 nitrogen and oxygen atoms in total. The van der Waals surface area contributed by atoms with Crippen LogP contribution in [-0.2, 0) is 19.1 Å². The lowest BCUT2D eigenvalue weighted by Gasteiger charge is -2.36. The fraction of sp³-hybridized carbons (Fsp3) is 0.389. The summed E-state index contributed by atoms with van der Waals surface area (Å²) in [6, 6.07) is 9.48. The number of benzene rings is 1. The number of carbonyl (C=O) groups excluding carboxylic acids is 3. The van der Waals surface area contributed by atoms with E-state index in [1.54, 1.807) is 0 Å². The van der Waals surface area contributed by atoms with Gasteiger partial charge in [-0.15, -0.1) is 0 Å². The number of ether oxygens (including phenoxy) is 1. The van der Waals surface area contributed by atoms with Crippen LogP contribution in [0.3, 0.4) is 0 Å². The molecule has 0 unspecified atom stereocenters. The van der Waals surface area contributed by atoms with Crippen molar-refractivity contribution in [2.75, 3.05) is 7.11 Å². The van der Waals surface area contributed by atoms with E-state index in [0.29, 0.717) is 17.7 Å². The van der Waals surface area contributed by atoms with Gasteiger partial charge >= 0.3 is 5.97 Å². The van der Waals surface area contributed by atoms with Crippen LogP contribution in [0, 0.1) is 11.8 Å². The second-order valence-corrected chi connectivity index (χ2v) is 6.15. The van der Waals surface area contributed by atoms with Crippen molar-refractivity contribution < 1.29 is 19.1 Å². The van der Waals surface area contributed by atoms with Crippen molar-refractivity contribution in [3.8, 4) is 0 Å². The molecule has 0 radical (unpaired) electrons. The molecule has 23 heavy (non-hydrogen) atoms. The zero-order valence-electron chi connectivity index (χ0n) is 13.2. The monoisotopic (exact) mass is 313 g/mol. The van der Waals surface area contributed by atoms with Gasteiger partial charge in [-0.2, -0.15) is 0 Å². The highest BCUT2D eigenvalue weighted by Crippen LogP contribution is 2.41. The van der Waals surface area contributed by atoms with Crippen molar-refractivity contribution in [1.29, 1.82) is 0 Å². The molecule has 5 heteroatoms. The number of nitrogens with one attached hydrogen (secondary N) is 1. The van der Waals surface area contributed by atoms with E-state index in [0.717, 1.165) is 5.56 Å². The molecule has 1 aliphatic carbocycles. The summed E-state index contributed by atoms with van der Waals surface area (Å²) >= 11 is 0. The van der Waals surface area contributed by atoms with E-state index in [9.17, 15) is 14.4 Å². The molecule has 2 aliphatic rings. The Morgan fingerprint density at radius 1 is 1.17 bits per heavy atom. The number of ketones is 1. The minimum absolute atomic E-state index is 0.0888. The quantitative estimate of drug-likeness (QED) is 0.669. The number of carbonyl (C=O) groups is 3. The molecule has 1 aliphatic heterocycles. The van der Waals surface area contributed by atoms with Gasteiger partial charge in [-0.3, -0.25) is 14.4 Å². The standard InChI is InChI=1S/C18H19NO4/c1-10-8-13-16(17(21)15(10)18(22)23-2)12(9-14(20)19-13)11-6-4-3-5-7-11/h3-7,10,12,15H,8-9H2,1-2H3,(H,19,20)/t10-,12-,15+/m0/s1. The summed E-state index contributed by atoms with van der Waals surface area (Å²) in [7, 11) is 1.30. The maximum atomic E-state index is 13.0. The molecule has 1 aromatic rings. The van der Waals surface area contributed by atoms with Gasteiger partial charge in [0.1, 0.15) is 5.92 Å². The van der Waals surface area contributed by atoms with E-state index in [4.69, 9.17) is 4.74 Å². The van der Waals surface area contributed by atoms with Gasteiger partial charge in [0.15, 0.2) is 5.78 Å². The molecule has 3 rings (SSSR count). The molecule has 0 bridgehead atoms. The number of esters is 1. The van der Waals surface area contributed by atoms with Crippen molar-refractivity contribution >= 4 is 17.7 Å². The number of Topliss-reactive ketones (excluding diaryl/α,β-unsaturated/α-hetero) is 1. The fourth-order valence-corrected chi connectivity index (χ4v) is 3.57. The van der Waals surface area contributed by atoms with Gasteiger partial charge in [0, 0.05) is 23.6 Å². The van der Waals surface area contributed by atoms with Gasteiger partial charge < -0.3 is 10.1 Å². The normalized spacial score (nSPS) is 27.3. The molecule has 0 spiro atoms. The average Bonchev–Trinajstić information content (AvgIpc) is 2.54. The number of rotatable bonds is 2. The lowest BCUT2D eigenvalue weighted by Crippen LogP contribution is -2.44. The van der Waals surface area contributed by atoms with E-state index in [2.05, 4.69) is 5.32 Å². The predicted octanol–water partition coefficient (Wildman–Crippen LogP) is 1.94. The highest BCUT2D eigenvalue weighted by atomic mass is 16.5. The van der Waals surface area contributed by atoms with Crippen LogP contribution in [0.2, 0.25) is 0 Å². The lowest BCUT2D eigenvalue weighted by atomic mass is 9.70. The van der Waals surface area contributed by atoms with E-state index in [-0.39, 0.29) is 29.9 Å². The van der Waals surface area contributed by atoms with Crippen LogP contribution >= 0.6 is 0 Å². The Morgan fingerprint density at radius 2 is 1.87 bits per heavy atom. The van der Waals surface area contributed by atoms with Crippen LogP contribution in [0.15, 0.2) is 41.6 Å². The zero-order chi connectivity index (χ0) is 16.6. The SMILES string of the molecule is COC(=O)[C@H]1C(=O)C2=C(C[C@@H]1C)NC(=O)C[C@H]2c1ccccc1. The Morgan fingerprint density at radius 3 is 2.52 bits per heavy atom. The van der Waals surface area contributed by atoms with Crippen LogP contribution in [0.1, 0.15) is 31.2 Å². The smallest absolute Gasteiger partial charge is 0.316 e. The molecule has 3 atom stereocenters. The van der Waals surface area contributed by atoms with E-state index in [1.807, 2.05) is 37.3 Å². The van der Waals surface area contributed by atoms with E-state index in [1.165, 1.54) is 7.11 Å². The first-order valence-corrected chi connectivity index (χ1v) is 7.72. The Labute approximate surface area is 134 Å². The lowest BCUT2D eigenvalue weighted by molar-refractivity contribution is -0.151. The summed E-state index contributed by atoms with van der Waals surface area (Å²) in [5, 5.41) is 2.82. The Hall–Kier alpha value is -2.43. The Bertz CT molecular complexity index is 692. The Kier molecular flexibility index (Phi) is 4.03. The molecule has 120 valence electrons. The highest BCUT2D eigenvalue weighted by molar-refractivity contribution is 6.11. The maximum absolute atomic E-state index is 13.0. The molecule has 0 saturated heterocycles. The number of amides is 1. The van der Waals surface area contributed by atoms with Gasteiger partial charge in [0.2, 0.25) is 5.91 Å². The zero-order valence-corrected chi connectivity index (χ0v) is 13.2. The Balaban J connectivity index is 2.07. The molecule has 0 saturated carbocycles. The summed E-state index contributed by atoms with van der Waals surface area (Å²) < 4.78 is 4.80.